The molecule has 1 aliphatic rings. The standard InChI is InChI=1S/C18H19ClN4/c1-14-12-17(16(13-20)18(19)21-14)23-9-5-8-22(10-11-23)15-6-3-2-4-7-15/h2-4,6-7,12H,5,8-11H2,1H3. The summed E-state index contributed by atoms with van der Waals surface area (Å²) in [5, 5.41) is 9.71. The topological polar surface area (TPSA) is 43.2 Å². The molecule has 2 aromatic rings. The van der Waals surface area contributed by atoms with Gasteiger partial charge in [-0.1, -0.05) is 29.8 Å². The molecule has 0 atom stereocenters. The molecule has 1 aromatic carbocycles. The van der Waals surface area contributed by atoms with Gasteiger partial charge in [0.1, 0.15) is 16.8 Å². The van der Waals surface area contributed by atoms with Gasteiger partial charge in [0, 0.05) is 37.6 Å². The zero-order valence-corrected chi connectivity index (χ0v) is 13.9. The van der Waals surface area contributed by atoms with Crippen molar-refractivity contribution in [2.75, 3.05) is 36.0 Å². The fraction of sp³-hybridized carbons (Fsp3) is 0.333. The Kier molecular flexibility index (Phi) is 4.68. The van der Waals surface area contributed by atoms with Crippen LogP contribution in [-0.2, 0) is 0 Å². The molecule has 23 heavy (non-hydrogen) atoms. The van der Waals surface area contributed by atoms with Gasteiger partial charge in [0.15, 0.2) is 0 Å². The number of halogens is 1. The number of hydrogen-bond acceptors (Lipinski definition) is 4. The number of para-hydroxylation sites is 1. The Balaban J connectivity index is 1.83. The minimum atomic E-state index is 0.298. The summed E-state index contributed by atoms with van der Waals surface area (Å²) < 4.78 is 0. The molecule has 3 rings (SSSR count). The summed E-state index contributed by atoms with van der Waals surface area (Å²) in [4.78, 5) is 8.83. The van der Waals surface area contributed by atoms with Crippen molar-refractivity contribution >= 4 is 23.0 Å². The summed E-state index contributed by atoms with van der Waals surface area (Å²) in [6.45, 7) is 5.62. The molecule has 0 spiro atoms. The van der Waals surface area contributed by atoms with Crippen LogP contribution in [0, 0.1) is 18.3 Å². The van der Waals surface area contributed by atoms with Crippen molar-refractivity contribution in [3.63, 3.8) is 0 Å². The number of hydrogen-bond donors (Lipinski definition) is 0. The average molecular weight is 327 g/mol. The lowest BCUT2D eigenvalue weighted by atomic mass is 10.2. The first-order chi connectivity index (χ1) is 11.2. The number of nitriles is 1. The van der Waals surface area contributed by atoms with Gasteiger partial charge in [-0.25, -0.2) is 4.98 Å². The van der Waals surface area contributed by atoms with Gasteiger partial charge in [-0.2, -0.15) is 5.26 Å². The van der Waals surface area contributed by atoms with E-state index in [1.807, 2.05) is 19.1 Å². The van der Waals surface area contributed by atoms with Crippen molar-refractivity contribution in [3.05, 3.63) is 52.8 Å². The first-order valence-corrected chi connectivity index (χ1v) is 8.19. The Hall–Kier alpha value is -2.25. The summed E-state index contributed by atoms with van der Waals surface area (Å²) in [5.41, 5.74) is 3.47. The molecule has 4 nitrogen and oxygen atoms in total. The predicted molar refractivity (Wildman–Crippen MR) is 94.2 cm³/mol. The number of aromatic nitrogens is 1. The molecule has 2 heterocycles. The zero-order valence-electron chi connectivity index (χ0n) is 13.2. The minimum absolute atomic E-state index is 0.298. The van der Waals surface area contributed by atoms with Crippen LogP contribution in [0.3, 0.4) is 0 Å². The first-order valence-electron chi connectivity index (χ1n) is 7.81. The molecule has 1 saturated heterocycles. The maximum Gasteiger partial charge on any atom is 0.149 e. The van der Waals surface area contributed by atoms with Gasteiger partial charge in [0.25, 0.3) is 0 Å². The number of rotatable bonds is 2. The lowest BCUT2D eigenvalue weighted by Crippen LogP contribution is -2.31. The minimum Gasteiger partial charge on any atom is -0.370 e. The fourth-order valence-corrected chi connectivity index (χ4v) is 3.30. The second-order valence-electron chi connectivity index (χ2n) is 5.72. The highest BCUT2D eigenvalue weighted by Crippen LogP contribution is 2.28. The summed E-state index contributed by atoms with van der Waals surface area (Å²) in [6, 6.07) is 14.6. The van der Waals surface area contributed by atoms with Gasteiger partial charge in [-0.05, 0) is 31.5 Å². The Bertz CT molecular complexity index is 724. The lowest BCUT2D eigenvalue weighted by molar-refractivity contribution is 0.804. The average Bonchev–Trinajstić information content (AvgIpc) is 2.81. The van der Waals surface area contributed by atoms with E-state index in [0.717, 1.165) is 44.0 Å². The van der Waals surface area contributed by atoms with Crippen LogP contribution < -0.4 is 9.80 Å². The summed E-state index contributed by atoms with van der Waals surface area (Å²) in [5.74, 6) is 0. The smallest absolute Gasteiger partial charge is 0.149 e. The van der Waals surface area contributed by atoms with Crippen LogP contribution in [0.2, 0.25) is 5.15 Å². The normalized spacial score (nSPS) is 15.2. The zero-order chi connectivity index (χ0) is 16.2. The molecule has 5 heteroatoms. The quantitative estimate of drug-likeness (QED) is 0.790. The number of anilines is 2. The molecule has 0 bridgehead atoms. The Morgan fingerprint density at radius 1 is 1.09 bits per heavy atom. The molecule has 0 N–H and O–H groups in total. The van der Waals surface area contributed by atoms with Crippen LogP contribution in [0.15, 0.2) is 36.4 Å². The van der Waals surface area contributed by atoms with E-state index in [1.165, 1.54) is 5.69 Å². The fourth-order valence-electron chi connectivity index (χ4n) is 3.03. The molecule has 1 aromatic heterocycles. The number of benzene rings is 1. The summed E-state index contributed by atoms with van der Waals surface area (Å²) in [7, 11) is 0. The molecule has 0 unspecified atom stereocenters. The van der Waals surface area contributed by atoms with Gasteiger partial charge in [0.2, 0.25) is 0 Å². The van der Waals surface area contributed by atoms with Crippen LogP contribution in [0.5, 0.6) is 0 Å². The van der Waals surface area contributed by atoms with Gasteiger partial charge < -0.3 is 9.80 Å². The highest BCUT2D eigenvalue weighted by atomic mass is 35.5. The predicted octanol–water partition coefficient (Wildman–Crippen LogP) is 3.63. The van der Waals surface area contributed by atoms with Crippen LogP contribution in [0.4, 0.5) is 11.4 Å². The maximum atomic E-state index is 9.41. The first kappa shape index (κ1) is 15.6. The third kappa shape index (κ3) is 3.40. The molecule has 1 fully saturated rings. The molecular weight excluding hydrogens is 308 g/mol. The molecule has 0 aliphatic carbocycles. The Morgan fingerprint density at radius 2 is 1.78 bits per heavy atom. The van der Waals surface area contributed by atoms with Crippen LogP contribution in [-0.4, -0.2) is 31.2 Å². The second kappa shape index (κ2) is 6.89. The van der Waals surface area contributed by atoms with E-state index < -0.39 is 0 Å². The van der Waals surface area contributed by atoms with Crippen molar-refractivity contribution < 1.29 is 0 Å². The van der Waals surface area contributed by atoms with E-state index in [2.05, 4.69) is 45.1 Å². The third-order valence-corrected chi connectivity index (χ3v) is 4.43. The molecule has 1 aliphatic heterocycles. The summed E-state index contributed by atoms with van der Waals surface area (Å²) >= 11 is 6.15. The van der Waals surface area contributed by atoms with E-state index in [0.29, 0.717) is 10.7 Å². The highest BCUT2D eigenvalue weighted by molar-refractivity contribution is 6.31. The highest BCUT2D eigenvalue weighted by Gasteiger charge is 2.20. The van der Waals surface area contributed by atoms with E-state index in [4.69, 9.17) is 11.6 Å². The maximum absolute atomic E-state index is 9.41. The van der Waals surface area contributed by atoms with E-state index in [1.54, 1.807) is 0 Å². The SMILES string of the molecule is Cc1cc(N2CCCN(c3ccccc3)CC2)c(C#N)c(Cl)n1. The Morgan fingerprint density at radius 3 is 2.52 bits per heavy atom. The number of nitrogens with zero attached hydrogens (tertiary/aromatic N) is 4. The van der Waals surface area contributed by atoms with Crippen LogP contribution in [0.1, 0.15) is 17.7 Å². The molecule has 0 radical (unpaired) electrons. The van der Waals surface area contributed by atoms with Crippen molar-refractivity contribution in [2.45, 2.75) is 13.3 Å². The number of pyridine rings is 1. The van der Waals surface area contributed by atoms with Crippen LogP contribution >= 0.6 is 11.6 Å². The second-order valence-corrected chi connectivity index (χ2v) is 6.08. The Labute approximate surface area is 141 Å². The molecule has 0 amide bonds. The van der Waals surface area contributed by atoms with Gasteiger partial charge in [0.05, 0.1) is 5.69 Å². The van der Waals surface area contributed by atoms with Crippen molar-refractivity contribution in [1.29, 1.82) is 5.26 Å². The van der Waals surface area contributed by atoms with Gasteiger partial charge >= 0.3 is 0 Å². The summed E-state index contributed by atoms with van der Waals surface area (Å²) in [6.07, 6.45) is 1.04. The third-order valence-electron chi connectivity index (χ3n) is 4.15. The van der Waals surface area contributed by atoms with Crippen molar-refractivity contribution in [2.24, 2.45) is 0 Å². The van der Waals surface area contributed by atoms with Gasteiger partial charge in [-0.15, -0.1) is 0 Å². The number of aryl methyl sites for hydroxylation is 1. The van der Waals surface area contributed by atoms with Gasteiger partial charge in [-0.3, -0.25) is 0 Å². The van der Waals surface area contributed by atoms with E-state index >= 15 is 0 Å². The lowest BCUT2D eigenvalue weighted by Gasteiger charge is -2.25. The monoisotopic (exact) mass is 326 g/mol. The van der Waals surface area contributed by atoms with Crippen molar-refractivity contribution in [1.82, 2.24) is 4.98 Å². The van der Waals surface area contributed by atoms with Crippen molar-refractivity contribution in [3.8, 4) is 6.07 Å². The molecular formula is C18H19ClN4. The molecule has 118 valence electrons. The van der Waals surface area contributed by atoms with Crippen LogP contribution in [0.25, 0.3) is 0 Å². The molecule has 0 saturated carbocycles. The van der Waals surface area contributed by atoms with E-state index in [9.17, 15) is 5.26 Å². The largest absolute Gasteiger partial charge is 0.370 e. The van der Waals surface area contributed by atoms with E-state index in [-0.39, 0.29) is 0 Å².